The highest BCUT2D eigenvalue weighted by atomic mass is 32.1. The van der Waals surface area contributed by atoms with Gasteiger partial charge in [0.1, 0.15) is 0 Å². The highest BCUT2D eigenvalue weighted by Gasteiger charge is 2.45. The van der Waals surface area contributed by atoms with Crippen LogP contribution < -0.4 is 0 Å². The van der Waals surface area contributed by atoms with Crippen LogP contribution in [0.4, 0.5) is 0 Å². The molecule has 1 heteroatoms. The third-order valence-electron chi connectivity index (χ3n) is 5.59. The fraction of sp³-hybridized carbons (Fsp3) is 1.00. The van der Waals surface area contributed by atoms with Crippen molar-refractivity contribution < 1.29 is 0 Å². The Morgan fingerprint density at radius 3 is 2.12 bits per heavy atom. The van der Waals surface area contributed by atoms with Gasteiger partial charge in [0.15, 0.2) is 0 Å². The molecule has 0 nitrogen and oxygen atoms in total. The molecule has 1 rings (SSSR count). The molecule has 102 valence electrons. The quantitative estimate of drug-likeness (QED) is 0.553. The van der Waals surface area contributed by atoms with Crippen LogP contribution in [0.1, 0.15) is 79.1 Å². The van der Waals surface area contributed by atoms with Crippen LogP contribution >= 0.6 is 12.6 Å². The first-order valence-electron chi connectivity index (χ1n) is 7.59. The van der Waals surface area contributed by atoms with Gasteiger partial charge in [-0.1, -0.05) is 53.4 Å². The van der Waals surface area contributed by atoms with Gasteiger partial charge in [0.05, 0.1) is 0 Å². The molecule has 17 heavy (non-hydrogen) atoms. The van der Waals surface area contributed by atoms with Crippen molar-refractivity contribution in [2.45, 2.75) is 79.1 Å². The topological polar surface area (TPSA) is 0 Å². The molecule has 0 aliphatic heterocycles. The van der Waals surface area contributed by atoms with E-state index < -0.39 is 0 Å². The molecule has 0 saturated heterocycles. The van der Waals surface area contributed by atoms with Crippen molar-refractivity contribution in [1.82, 2.24) is 0 Å². The van der Waals surface area contributed by atoms with Crippen LogP contribution in [0.3, 0.4) is 0 Å². The lowest BCUT2D eigenvalue weighted by Crippen LogP contribution is -2.41. The molecule has 0 aromatic carbocycles. The lowest BCUT2D eigenvalue weighted by molar-refractivity contribution is 0.0102. The molecule has 0 N–H and O–H groups in total. The molecule has 1 saturated carbocycles. The van der Waals surface area contributed by atoms with Crippen LogP contribution in [-0.4, -0.2) is 5.75 Å². The molecule has 1 atom stereocenters. The third kappa shape index (κ3) is 3.43. The lowest BCUT2D eigenvalue weighted by atomic mass is 9.56. The summed E-state index contributed by atoms with van der Waals surface area (Å²) in [6.07, 6.45) is 11.2. The molecule has 1 fully saturated rings. The number of unbranched alkanes of at least 4 members (excludes halogenated alkanes) is 1. The van der Waals surface area contributed by atoms with Gasteiger partial charge in [0.2, 0.25) is 0 Å². The number of thiol groups is 1. The summed E-state index contributed by atoms with van der Waals surface area (Å²) in [5.74, 6) is 1.99. The van der Waals surface area contributed by atoms with Crippen molar-refractivity contribution in [3.05, 3.63) is 0 Å². The zero-order valence-corrected chi connectivity index (χ0v) is 13.3. The van der Waals surface area contributed by atoms with Crippen LogP contribution in [0.2, 0.25) is 0 Å². The van der Waals surface area contributed by atoms with Crippen molar-refractivity contribution >= 4 is 12.6 Å². The molecular formula is C16H32S. The zero-order chi connectivity index (χ0) is 12.9. The molecule has 0 amide bonds. The Morgan fingerprint density at radius 2 is 1.65 bits per heavy atom. The van der Waals surface area contributed by atoms with Gasteiger partial charge in [0.25, 0.3) is 0 Å². The highest BCUT2D eigenvalue weighted by molar-refractivity contribution is 7.80. The summed E-state index contributed by atoms with van der Waals surface area (Å²) in [5, 5.41) is 0. The van der Waals surface area contributed by atoms with E-state index in [9.17, 15) is 0 Å². The van der Waals surface area contributed by atoms with Crippen molar-refractivity contribution in [2.75, 3.05) is 5.75 Å². The molecule has 1 aliphatic rings. The van der Waals surface area contributed by atoms with Gasteiger partial charge in [-0.2, -0.15) is 12.6 Å². The number of rotatable bonds is 7. The zero-order valence-electron chi connectivity index (χ0n) is 12.4. The van der Waals surface area contributed by atoms with Crippen LogP contribution in [0, 0.1) is 16.7 Å². The molecule has 0 heterocycles. The van der Waals surface area contributed by atoms with Gasteiger partial charge in [0, 0.05) is 0 Å². The fourth-order valence-corrected chi connectivity index (χ4v) is 4.26. The minimum Gasteiger partial charge on any atom is -0.179 e. The maximum atomic E-state index is 4.53. The Kier molecular flexibility index (Phi) is 5.89. The second kappa shape index (κ2) is 6.50. The van der Waals surface area contributed by atoms with Crippen LogP contribution in [-0.2, 0) is 0 Å². The Labute approximate surface area is 114 Å². The normalized spacial score (nSPS) is 21.7. The maximum Gasteiger partial charge on any atom is -0.00924 e. The van der Waals surface area contributed by atoms with Crippen LogP contribution in [0.15, 0.2) is 0 Å². The first kappa shape index (κ1) is 15.4. The second-order valence-corrected chi connectivity index (χ2v) is 7.31. The Balaban J connectivity index is 2.80. The van der Waals surface area contributed by atoms with Gasteiger partial charge in [-0.25, -0.2) is 0 Å². The van der Waals surface area contributed by atoms with E-state index in [1.165, 1.54) is 51.4 Å². The summed E-state index contributed by atoms with van der Waals surface area (Å²) >= 11 is 4.53. The summed E-state index contributed by atoms with van der Waals surface area (Å²) in [4.78, 5) is 0. The number of hydrogen-bond donors (Lipinski definition) is 1. The van der Waals surface area contributed by atoms with Gasteiger partial charge < -0.3 is 0 Å². The molecule has 0 spiro atoms. The monoisotopic (exact) mass is 256 g/mol. The van der Waals surface area contributed by atoms with Crippen LogP contribution in [0.5, 0.6) is 0 Å². The van der Waals surface area contributed by atoms with Crippen molar-refractivity contribution in [3.8, 4) is 0 Å². The van der Waals surface area contributed by atoms with E-state index in [1.807, 2.05) is 0 Å². The molecule has 0 aromatic heterocycles. The summed E-state index contributed by atoms with van der Waals surface area (Å²) < 4.78 is 0. The standard InChI is InChI=1S/C16H32S/c1-5-6-11-15(2,3)16(4,12-13-17)14-9-7-8-10-14/h14,17H,5-13H2,1-4H3. The third-order valence-corrected chi connectivity index (χ3v) is 5.81. The molecule has 1 unspecified atom stereocenters. The molecule has 0 radical (unpaired) electrons. The molecule has 0 aromatic rings. The van der Waals surface area contributed by atoms with E-state index in [0.717, 1.165) is 11.7 Å². The smallest absolute Gasteiger partial charge is 0.00924 e. The summed E-state index contributed by atoms with van der Waals surface area (Å²) in [6, 6.07) is 0. The Hall–Kier alpha value is 0.350. The minimum atomic E-state index is 0.473. The largest absolute Gasteiger partial charge is 0.179 e. The highest BCUT2D eigenvalue weighted by Crippen LogP contribution is 2.55. The van der Waals surface area contributed by atoms with E-state index in [-0.39, 0.29) is 0 Å². The second-order valence-electron chi connectivity index (χ2n) is 6.86. The summed E-state index contributed by atoms with van der Waals surface area (Å²) in [5.41, 5.74) is 0.973. The van der Waals surface area contributed by atoms with Crippen molar-refractivity contribution in [3.63, 3.8) is 0 Å². The lowest BCUT2D eigenvalue weighted by Gasteiger charge is -2.49. The van der Waals surface area contributed by atoms with E-state index in [2.05, 4.69) is 40.3 Å². The van der Waals surface area contributed by atoms with Gasteiger partial charge in [-0.3, -0.25) is 0 Å². The summed E-state index contributed by atoms with van der Waals surface area (Å²) in [6.45, 7) is 9.87. The summed E-state index contributed by atoms with van der Waals surface area (Å²) in [7, 11) is 0. The first-order valence-corrected chi connectivity index (χ1v) is 8.22. The van der Waals surface area contributed by atoms with E-state index >= 15 is 0 Å². The fourth-order valence-electron chi connectivity index (χ4n) is 3.79. The molecule has 0 bridgehead atoms. The average Bonchev–Trinajstić information content (AvgIpc) is 2.80. The maximum absolute atomic E-state index is 4.53. The van der Waals surface area contributed by atoms with Gasteiger partial charge >= 0.3 is 0 Å². The van der Waals surface area contributed by atoms with E-state index in [1.54, 1.807) is 0 Å². The average molecular weight is 256 g/mol. The number of hydrogen-bond acceptors (Lipinski definition) is 1. The predicted molar refractivity (Wildman–Crippen MR) is 81.8 cm³/mol. The van der Waals surface area contributed by atoms with Crippen LogP contribution in [0.25, 0.3) is 0 Å². The van der Waals surface area contributed by atoms with Gasteiger partial charge in [-0.05, 0) is 48.2 Å². The Bertz CT molecular complexity index is 216. The van der Waals surface area contributed by atoms with Crippen molar-refractivity contribution in [2.24, 2.45) is 16.7 Å². The minimum absolute atomic E-state index is 0.473. The molecule has 1 aliphatic carbocycles. The van der Waals surface area contributed by atoms with E-state index in [4.69, 9.17) is 0 Å². The molecular weight excluding hydrogens is 224 g/mol. The first-order chi connectivity index (χ1) is 7.98. The Morgan fingerprint density at radius 1 is 1.06 bits per heavy atom. The predicted octanol–water partition coefficient (Wildman–Crippen LogP) is 5.72. The van der Waals surface area contributed by atoms with Gasteiger partial charge in [-0.15, -0.1) is 0 Å². The van der Waals surface area contributed by atoms with Crippen molar-refractivity contribution in [1.29, 1.82) is 0 Å². The van der Waals surface area contributed by atoms with E-state index in [0.29, 0.717) is 10.8 Å². The SMILES string of the molecule is CCCCC(C)(C)C(C)(CCS)C1CCCC1.